The molecule has 1 rings (SSSR count). The van der Waals surface area contributed by atoms with E-state index in [1.54, 1.807) is 20.3 Å². The zero-order chi connectivity index (χ0) is 11.1. The van der Waals surface area contributed by atoms with Crippen molar-refractivity contribution in [3.05, 3.63) is 22.7 Å². The molecule has 0 amide bonds. The van der Waals surface area contributed by atoms with Crippen molar-refractivity contribution >= 4 is 11.6 Å². The first-order chi connectivity index (χ1) is 6.70. The molecule has 3 heteroatoms. The highest BCUT2D eigenvalue weighted by atomic mass is 35.5. The highest BCUT2D eigenvalue weighted by Gasteiger charge is 2.08. The predicted octanol–water partition coefficient (Wildman–Crippen LogP) is 3.69. The van der Waals surface area contributed by atoms with Gasteiger partial charge in [0.15, 0.2) is 0 Å². The molecule has 0 spiro atoms. The number of rotatable bonds is 2. The Kier molecular flexibility index (Phi) is 6.13. The number of hydrogen-bond acceptors (Lipinski definition) is 2. The molecule has 0 aliphatic rings. The summed E-state index contributed by atoms with van der Waals surface area (Å²) in [6.45, 7) is 5.91. The van der Waals surface area contributed by atoms with E-state index in [-0.39, 0.29) is 0 Å². The van der Waals surface area contributed by atoms with Crippen LogP contribution < -0.4 is 9.47 Å². The number of benzene rings is 1. The lowest BCUT2D eigenvalue weighted by molar-refractivity contribution is 0.389. The van der Waals surface area contributed by atoms with Crippen LogP contribution in [0.3, 0.4) is 0 Å². The standard InChI is InChI=1S/C9H11ClO2.C2H6/c1-6-8(11-2)5-4-7(10)9(6)12-3;1-2/h4-5H,1-3H3;1-2H3. The number of halogens is 1. The van der Waals surface area contributed by atoms with Crippen molar-refractivity contribution in [1.29, 1.82) is 0 Å². The van der Waals surface area contributed by atoms with Crippen LogP contribution in [-0.2, 0) is 0 Å². The van der Waals surface area contributed by atoms with Gasteiger partial charge < -0.3 is 9.47 Å². The highest BCUT2D eigenvalue weighted by Crippen LogP contribution is 2.34. The van der Waals surface area contributed by atoms with E-state index < -0.39 is 0 Å². The Morgan fingerprint density at radius 3 is 2.07 bits per heavy atom. The molecule has 0 unspecified atom stereocenters. The van der Waals surface area contributed by atoms with Gasteiger partial charge in [-0.15, -0.1) is 0 Å². The van der Waals surface area contributed by atoms with Crippen molar-refractivity contribution in [2.45, 2.75) is 20.8 Å². The van der Waals surface area contributed by atoms with Gasteiger partial charge in [0.05, 0.1) is 19.2 Å². The molecule has 0 bridgehead atoms. The molecular formula is C11H17ClO2. The quantitative estimate of drug-likeness (QED) is 0.751. The van der Waals surface area contributed by atoms with Crippen LogP contribution in [0.15, 0.2) is 12.1 Å². The zero-order valence-electron chi connectivity index (χ0n) is 9.35. The molecule has 0 atom stereocenters. The molecule has 0 radical (unpaired) electrons. The smallest absolute Gasteiger partial charge is 0.144 e. The van der Waals surface area contributed by atoms with Crippen molar-refractivity contribution < 1.29 is 9.47 Å². The summed E-state index contributed by atoms with van der Waals surface area (Å²) in [5.74, 6) is 1.47. The monoisotopic (exact) mass is 216 g/mol. The van der Waals surface area contributed by atoms with E-state index in [0.29, 0.717) is 10.8 Å². The molecule has 0 heterocycles. The fraction of sp³-hybridized carbons (Fsp3) is 0.455. The van der Waals surface area contributed by atoms with Gasteiger partial charge in [0.25, 0.3) is 0 Å². The van der Waals surface area contributed by atoms with E-state index in [0.717, 1.165) is 11.3 Å². The van der Waals surface area contributed by atoms with Crippen molar-refractivity contribution in [1.82, 2.24) is 0 Å². The van der Waals surface area contributed by atoms with E-state index >= 15 is 0 Å². The second-order valence-corrected chi connectivity index (χ2v) is 2.82. The van der Waals surface area contributed by atoms with E-state index in [9.17, 15) is 0 Å². The van der Waals surface area contributed by atoms with Gasteiger partial charge in [0.1, 0.15) is 11.5 Å². The van der Waals surface area contributed by atoms with Crippen LogP contribution >= 0.6 is 11.6 Å². The Labute approximate surface area is 90.8 Å². The lowest BCUT2D eigenvalue weighted by Gasteiger charge is -2.10. The molecule has 0 saturated carbocycles. The number of hydrogen-bond donors (Lipinski definition) is 0. The SMILES string of the molecule is CC.COc1ccc(Cl)c(OC)c1C. The van der Waals surface area contributed by atoms with Gasteiger partial charge in [0.2, 0.25) is 0 Å². The molecule has 80 valence electrons. The van der Waals surface area contributed by atoms with Gasteiger partial charge in [-0.05, 0) is 19.1 Å². The summed E-state index contributed by atoms with van der Waals surface area (Å²) in [6, 6.07) is 3.58. The van der Waals surface area contributed by atoms with Crippen LogP contribution in [0.2, 0.25) is 5.02 Å². The molecule has 0 fully saturated rings. The largest absolute Gasteiger partial charge is 0.496 e. The first kappa shape index (κ1) is 13.1. The maximum Gasteiger partial charge on any atom is 0.144 e. The third kappa shape index (κ3) is 2.81. The van der Waals surface area contributed by atoms with Gasteiger partial charge in [-0.2, -0.15) is 0 Å². The minimum atomic E-state index is 0.607. The molecule has 1 aromatic rings. The molecule has 0 aliphatic heterocycles. The third-order valence-corrected chi connectivity index (χ3v) is 2.03. The summed E-state index contributed by atoms with van der Waals surface area (Å²) in [7, 11) is 3.21. The average molecular weight is 217 g/mol. The third-order valence-electron chi connectivity index (χ3n) is 1.73. The topological polar surface area (TPSA) is 18.5 Å². The Bertz CT molecular complexity index is 285. The van der Waals surface area contributed by atoms with Crippen LogP contribution in [0.1, 0.15) is 19.4 Å². The van der Waals surface area contributed by atoms with Gasteiger partial charge in [0, 0.05) is 5.56 Å². The Morgan fingerprint density at radius 1 is 1.07 bits per heavy atom. The Balaban J connectivity index is 0.000000791. The lowest BCUT2D eigenvalue weighted by Crippen LogP contribution is -1.92. The summed E-state index contributed by atoms with van der Waals surface area (Å²) >= 11 is 5.88. The van der Waals surface area contributed by atoms with Crippen molar-refractivity contribution in [3.63, 3.8) is 0 Å². The van der Waals surface area contributed by atoms with E-state index in [4.69, 9.17) is 21.1 Å². The molecular weight excluding hydrogens is 200 g/mol. The summed E-state index contributed by atoms with van der Waals surface area (Å²) < 4.78 is 10.2. The minimum Gasteiger partial charge on any atom is -0.496 e. The molecule has 0 aliphatic carbocycles. The number of ether oxygens (including phenoxy) is 2. The van der Waals surface area contributed by atoms with Gasteiger partial charge >= 0.3 is 0 Å². The van der Waals surface area contributed by atoms with Crippen LogP contribution in [0.5, 0.6) is 11.5 Å². The zero-order valence-corrected chi connectivity index (χ0v) is 10.1. The Morgan fingerprint density at radius 2 is 1.64 bits per heavy atom. The van der Waals surface area contributed by atoms with E-state index in [1.165, 1.54) is 0 Å². The normalized spacial score (nSPS) is 8.71. The first-order valence-electron chi connectivity index (χ1n) is 4.57. The summed E-state index contributed by atoms with van der Waals surface area (Å²) in [5, 5.41) is 0.607. The molecule has 2 nitrogen and oxygen atoms in total. The first-order valence-corrected chi connectivity index (χ1v) is 4.95. The van der Waals surface area contributed by atoms with Gasteiger partial charge in [-0.1, -0.05) is 25.4 Å². The van der Waals surface area contributed by atoms with Crippen LogP contribution in [0.4, 0.5) is 0 Å². The fourth-order valence-corrected chi connectivity index (χ4v) is 1.39. The predicted molar refractivity (Wildman–Crippen MR) is 60.6 cm³/mol. The molecule has 14 heavy (non-hydrogen) atoms. The van der Waals surface area contributed by atoms with Crippen molar-refractivity contribution in [2.75, 3.05) is 14.2 Å². The minimum absolute atomic E-state index is 0.607. The van der Waals surface area contributed by atoms with E-state index in [1.807, 2.05) is 26.8 Å². The summed E-state index contributed by atoms with van der Waals surface area (Å²) in [6.07, 6.45) is 0. The van der Waals surface area contributed by atoms with E-state index in [2.05, 4.69) is 0 Å². The highest BCUT2D eigenvalue weighted by molar-refractivity contribution is 6.32. The van der Waals surface area contributed by atoms with Crippen LogP contribution in [0, 0.1) is 6.92 Å². The van der Waals surface area contributed by atoms with Gasteiger partial charge in [-0.25, -0.2) is 0 Å². The van der Waals surface area contributed by atoms with Crippen molar-refractivity contribution in [3.8, 4) is 11.5 Å². The molecule has 0 aromatic heterocycles. The maximum absolute atomic E-state index is 5.88. The average Bonchev–Trinajstić information content (AvgIpc) is 2.22. The number of methoxy groups -OCH3 is 2. The lowest BCUT2D eigenvalue weighted by atomic mass is 10.2. The summed E-state index contributed by atoms with van der Waals surface area (Å²) in [5.41, 5.74) is 0.924. The van der Waals surface area contributed by atoms with Crippen LogP contribution in [0.25, 0.3) is 0 Å². The summed E-state index contributed by atoms with van der Waals surface area (Å²) in [4.78, 5) is 0. The van der Waals surface area contributed by atoms with Gasteiger partial charge in [-0.3, -0.25) is 0 Å². The molecule has 0 N–H and O–H groups in total. The second kappa shape index (κ2) is 6.55. The Hall–Kier alpha value is -0.890. The molecule has 0 saturated heterocycles. The second-order valence-electron chi connectivity index (χ2n) is 2.41. The maximum atomic E-state index is 5.88. The molecule has 1 aromatic carbocycles. The van der Waals surface area contributed by atoms with Crippen LogP contribution in [-0.4, -0.2) is 14.2 Å². The fourth-order valence-electron chi connectivity index (χ4n) is 1.11. The van der Waals surface area contributed by atoms with Crippen molar-refractivity contribution in [2.24, 2.45) is 0 Å².